The summed E-state index contributed by atoms with van der Waals surface area (Å²) in [5.74, 6) is 0.00809. The molecule has 0 saturated heterocycles. The molecule has 0 aliphatic carbocycles. The summed E-state index contributed by atoms with van der Waals surface area (Å²) in [6.45, 7) is 0.437. The van der Waals surface area contributed by atoms with Crippen LogP contribution in [0.5, 0.6) is 17.2 Å². The molecule has 0 saturated carbocycles. The van der Waals surface area contributed by atoms with Crippen LogP contribution < -0.4 is 14.8 Å². The van der Waals surface area contributed by atoms with E-state index in [4.69, 9.17) is 21.1 Å². The predicted molar refractivity (Wildman–Crippen MR) is 119 cm³/mol. The molecular weight excluding hydrogens is 416 g/mol. The average Bonchev–Trinajstić information content (AvgIpc) is 2.79. The topological polar surface area (TPSA) is 91.6 Å². The number of halogens is 1. The smallest absolute Gasteiger partial charge is 0.266 e. The molecule has 3 rings (SSSR count). The molecule has 6 nitrogen and oxygen atoms in total. The maximum absolute atomic E-state index is 12.5. The fourth-order valence-corrected chi connectivity index (χ4v) is 2.94. The van der Waals surface area contributed by atoms with Gasteiger partial charge in [0.2, 0.25) is 0 Å². The number of ether oxygens (including phenoxy) is 2. The van der Waals surface area contributed by atoms with Gasteiger partial charge in [-0.2, -0.15) is 5.26 Å². The van der Waals surface area contributed by atoms with Crippen LogP contribution in [0.2, 0.25) is 5.02 Å². The van der Waals surface area contributed by atoms with E-state index >= 15 is 0 Å². The molecule has 0 unspecified atom stereocenters. The van der Waals surface area contributed by atoms with Gasteiger partial charge in [0.25, 0.3) is 5.91 Å². The van der Waals surface area contributed by atoms with Gasteiger partial charge in [-0.1, -0.05) is 41.9 Å². The number of rotatable bonds is 7. The lowest BCUT2D eigenvalue weighted by molar-refractivity contribution is -0.112. The van der Waals surface area contributed by atoms with Crippen molar-refractivity contribution >= 4 is 29.3 Å². The number of phenols is 1. The van der Waals surface area contributed by atoms with Crippen LogP contribution in [-0.2, 0) is 11.4 Å². The lowest BCUT2D eigenvalue weighted by Crippen LogP contribution is -2.13. The van der Waals surface area contributed by atoms with E-state index in [0.717, 1.165) is 5.56 Å². The fraction of sp³-hybridized carbons (Fsp3) is 0.0833. The average molecular weight is 435 g/mol. The van der Waals surface area contributed by atoms with Crippen LogP contribution in [-0.4, -0.2) is 18.1 Å². The van der Waals surface area contributed by atoms with Crippen molar-refractivity contribution in [1.82, 2.24) is 0 Å². The number of hydrogen-bond acceptors (Lipinski definition) is 5. The zero-order chi connectivity index (χ0) is 22.2. The summed E-state index contributed by atoms with van der Waals surface area (Å²) in [5.41, 5.74) is 1.87. The number of anilines is 1. The van der Waals surface area contributed by atoms with E-state index in [9.17, 15) is 15.2 Å². The number of nitrogens with one attached hydrogen (secondary N) is 1. The highest BCUT2D eigenvalue weighted by atomic mass is 35.5. The zero-order valence-corrected chi connectivity index (χ0v) is 17.4. The molecule has 0 aliphatic rings. The number of aromatic hydroxyl groups is 1. The Bertz CT molecular complexity index is 1140. The monoisotopic (exact) mass is 434 g/mol. The van der Waals surface area contributed by atoms with Gasteiger partial charge in [-0.3, -0.25) is 4.79 Å². The van der Waals surface area contributed by atoms with Gasteiger partial charge in [0.05, 0.1) is 12.1 Å². The Morgan fingerprint density at radius 3 is 2.52 bits per heavy atom. The number of amides is 1. The molecule has 7 heteroatoms. The molecule has 31 heavy (non-hydrogen) atoms. The number of carbonyl (C=O) groups is 1. The molecule has 0 radical (unpaired) electrons. The van der Waals surface area contributed by atoms with E-state index in [2.05, 4.69) is 5.32 Å². The maximum atomic E-state index is 12.5. The molecule has 2 N–H and O–H groups in total. The second-order valence-electron chi connectivity index (χ2n) is 6.48. The Hall–Kier alpha value is -3.95. The largest absolute Gasteiger partial charge is 0.503 e. The summed E-state index contributed by atoms with van der Waals surface area (Å²) in [6, 6.07) is 21.4. The van der Waals surface area contributed by atoms with Gasteiger partial charge in [0.15, 0.2) is 11.5 Å². The van der Waals surface area contributed by atoms with Crippen LogP contribution in [0.3, 0.4) is 0 Å². The number of carbonyl (C=O) groups excluding carboxylic acids is 1. The van der Waals surface area contributed by atoms with Gasteiger partial charge in [0, 0.05) is 5.69 Å². The van der Waals surface area contributed by atoms with Crippen LogP contribution in [0, 0.1) is 11.3 Å². The van der Waals surface area contributed by atoms with E-state index in [1.54, 1.807) is 24.3 Å². The van der Waals surface area contributed by atoms with Gasteiger partial charge in [0.1, 0.15) is 24.0 Å². The van der Waals surface area contributed by atoms with E-state index < -0.39 is 5.91 Å². The van der Waals surface area contributed by atoms with Crippen molar-refractivity contribution in [3.05, 3.63) is 88.5 Å². The first-order valence-electron chi connectivity index (χ1n) is 9.26. The lowest BCUT2D eigenvalue weighted by Gasteiger charge is -2.09. The van der Waals surface area contributed by atoms with Crippen molar-refractivity contribution < 1.29 is 19.4 Å². The van der Waals surface area contributed by atoms with Gasteiger partial charge in [-0.25, -0.2) is 0 Å². The minimum absolute atomic E-state index is 0.0504. The summed E-state index contributed by atoms with van der Waals surface area (Å²) in [5, 5.41) is 21.9. The van der Waals surface area contributed by atoms with Gasteiger partial charge < -0.3 is 19.9 Å². The zero-order valence-electron chi connectivity index (χ0n) is 16.6. The Kier molecular flexibility index (Phi) is 7.15. The normalized spacial score (nSPS) is 10.8. The van der Waals surface area contributed by atoms with Crippen LogP contribution >= 0.6 is 11.6 Å². The third kappa shape index (κ3) is 5.78. The highest BCUT2D eigenvalue weighted by Gasteiger charge is 2.13. The standard InChI is InChI=1S/C24H19ClN2O4/c1-30-22-13-17(12-21(25)23(22)28)11-18(14-26)24(29)27-19-7-9-20(10-8-19)31-15-16-5-3-2-4-6-16/h2-13,28H,15H2,1H3,(H,27,29)/b18-11+. The molecule has 0 aliphatic heterocycles. The fourth-order valence-electron chi connectivity index (χ4n) is 2.72. The molecule has 3 aromatic carbocycles. The minimum atomic E-state index is -0.580. The Labute approximate surface area is 184 Å². The van der Waals surface area contributed by atoms with Crippen molar-refractivity contribution in [1.29, 1.82) is 5.26 Å². The predicted octanol–water partition coefficient (Wildman–Crippen LogP) is 5.18. The second kappa shape index (κ2) is 10.2. The molecule has 0 bridgehead atoms. The summed E-state index contributed by atoms with van der Waals surface area (Å²) in [4.78, 5) is 12.5. The lowest BCUT2D eigenvalue weighted by atomic mass is 10.1. The first kappa shape index (κ1) is 21.8. The van der Waals surface area contributed by atoms with Crippen LogP contribution in [0.1, 0.15) is 11.1 Å². The second-order valence-corrected chi connectivity index (χ2v) is 6.88. The van der Waals surface area contributed by atoms with Crippen molar-refractivity contribution in [2.75, 3.05) is 12.4 Å². The maximum Gasteiger partial charge on any atom is 0.266 e. The number of nitriles is 1. The van der Waals surface area contributed by atoms with E-state index in [1.165, 1.54) is 25.3 Å². The van der Waals surface area contributed by atoms with Crippen molar-refractivity contribution in [2.24, 2.45) is 0 Å². The number of benzene rings is 3. The molecule has 3 aromatic rings. The van der Waals surface area contributed by atoms with E-state index in [-0.39, 0.29) is 22.1 Å². The molecule has 0 atom stereocenters. The van der Waals surface area contributed by atoms with E-state index in [1.807, 2.05) is 36.4 Å². The van der Waals surface area contributed by atoms with Crippen molar-refractivity contribution in [3.8, 4) is 23.3 Å². The SMILES string of the molecule is COc1cc(/C=C(\C#N)C(=O)Nc2ccc(OCc3ccccc3)cc2)cc(Cl)c1O. The van der Waals surface area contributed by atoms with Crippen molar-refractivity contribution in [3.63, 3.8) is 0 Å². The molecule has 0 heterocycles. The summed E-state index contributed by atoms with van der Waals surface area (Å²) in [7, 11) is 1.38. The minimum Gasteiger partial charge on any atom is -0.503 e. The highest BCUT2D eigenvalue weighted by Crippen LogP contribution is 2.35. The number of phenolic OH excluding ortho intramolecular Hbond substituents is 1. The molecular formula is C24H19ClN2O4. The molecule has 156 valence electrons. The first-order chi connectivity index (χ1) is 15.0. The molecule has 0 fully saturated rings. The third-order valence-corrected chi connectivity index (χ3v) is 4.60. The third-order valence-electron chi connectivity index (χ3n) is 4.31. The molecule has 0 spiro atoms. The summed E-state index contributed by atoms with van der Waals surface area (Å²) in [6.07, 6.45) is 1.36. The first-order valence-corrected chi connectivity index (χ1v) is 9.64. The van der Waals surface area contributed by atoms with Crippen LogP contribution in [0.15, 0.2) is 72.3 Å². The molecule has 0 aromatic heterocycles. The quantitative estimate of drug-likeness (QED) is 0.395. The van der Waals surface area contributed by atoms with Gasteiger partial charge in [-0.15, -0.1) is 0 Å². The van der Waals surface area contributed by atoms with Crippen molar-refractivity contribution in [2.45, 2.75) is 6.61 Å². The Morgan fingerprint density at radius 1 is 1.16 bits per heavy atom. The van der Waals surface area contributed by atoms with E-state index in [0.29, 0.717) is 23.6 Å². The van der Waals surface area contributed by atoms with Gasteiger partial charge in [-0.05, 0) is 53.6 Å². The number of methoxy groups -OCH3 is 1. The number of nitrogens with zero attached hydrogens (tertiary/aromatic N) is 1. The van der Waals surface area contributed by atoms with Gasteiger partial charge >= 0.3 is 0 Å². The van der Waals surface area contributed by atoms with Crippen LogP contribution in [0.4, 0.5) is 5.69 Å². The number of hydrogen-bond donors (Lipinski definition) is 2. The summed E-state index contributed by atoms with van der Waals surface area (Å²) >= 11 is 5.96. The Balaban J connectivity index is 1.67. The highest BCUT2D eigenvalue weighted by molar-refractivity contribution is 6.32. The summed E-state index contributed by atoms with van der Waals surface area (Å²) < 4.78 is 10.8. The Morgan fingerprint density at radius 2 is 1.87 bits per heavy atom. The molecule has 1 amide bonds. The van der Waals surface area contributed by atoms with Crippen LogP contribution in [0.25, 0.3) is 6.08 Å².